The molecule has 64 valence electrons. The molecule has 0 aliphatic heterocycles. The molecule has 0 aromatic carbocycles. The number of hydrogen-bond acceptors (Lipinski definition) is 2. The van der Waals surface area contributed by atoms with E-state index >= 15 is 0 Å². The summed E-state index contributed by atoms with van der Waals surface area (Å²) in [5, 5.41) is 0. The maximum absolute atomic E-state index is 11.0. The minimum Gasteiger partial charge on any atom is -0.368 e. The molecule has 0 spiro atoms. The Hall–Kier alpha value is -0.570. The van der Waals surface area contributed by atoms with E-state index in [1.165, 1.54) is 6.42 Å². The van der Waals surface area contributed by atoms with E-state index in [1.54, 1.807) is 7.11 Å². The van der Waals surface area contributed by atoms with Crippen molar-refractivity contribution >= 4 is 5.91 Å². The number of nitrogens with two attached hydrogens (primary N) is 1. The van der Waals surface area contributed by atoms with Gasteiger partial charge in [0.05, 0.1) is 0 Å². The third-order valence-electron chi connectivity index (χ3n) is 2.50. The predicted molar refractivity (Wildman–Crippen MR) is 42.0 cm³/mol. The van der Waals surface area contributed by atoms with Crippen LogP contribution in [0.4, 0.5) is 0 Å². The van der Waals surface area contributed by atoms with Gasteiger partial charge < -0.3 is 10.5 Å². The smallest absolute Gasteiger partial charge is 0.249 e. The summed E-state index contributed by atoms with van der Waals surface area (Å²) in [5.74, 6) is -0.306. The van der Waals surface area contributed by atoms with Crippen molar-refractivity contribution in [3.8, 4) is 0 Å². The minimum absolute atomic E-state index is 0.306. The molecule has 2 N–H and O–H groups in total. The molecule has 0 bridgehead atoms. The summed E-state index contributed by atoms with van der Waals surface area (Å²) in [6, 6.07) is 0. The summed E-state index contributed by atoms with van der Waals surface area (Å²) >= 11 is 0. The molecule has 1 fully saturated rings. The number of amides is 1. The van der Waals surface area contributed by atoms with E-state index < -0.39 is 5.60 Å². The molecule has 0 unspecified atom stereocenters. The predicted octanol–water partition coefficient (Wildman–Crippen LogP) is 0.821. The molecule has 0 radical (unpaired) electrons. The molecule has 3 nitrogen and oxygen atoms in total. The zero-order valence-electron chi connectivity index (χ0n) is 6.93. The molecule has 1 aliphatic rings. The lowest BCUT2D eigenvalue weighted by Gasteiger charge is -2.32. The third-order valence-corrected chi connectivity index (χ3v) is 2.50. The molecule has 0 saturated heterocycles. The van der Waals surface area contributed by atoms with Crippen LogP contribution in [0.2, 0.25) is 0 Å². The highest BCUT2D eigenvalue weighted by Crippen LogP contribution is 2.30. The Morgan fingerprint density at radius 1 is 1.36 bits per heavy atom. The topological polar surface area (TPSA) is 52.3 Å². The van der Waals surface area contributed by atoms with Crippen molar-refractivity contribution in [2.24, 2.45) is 5.73 Å². The molecule has 1 rings (SSSR count). The fraction of sp³-hybridized carbons (Fsp3) is 0.875. The van der Waals surface area contributed by atoms with Crippen LogP contribution in [0, 0.1) is 0 Å². The molecule has 0 aromatic rings. The summed E-state index contributed by atoms with van der Waals surface area (Å²) < 4.78 is 5.17. The Labute approximate surface area is 66.9 Å². The lowest BCUT2D eigenvalue weighted by Crippen LogP contribution is -2.46. The fourth-order valence-electron chi connectivity index (χ4n) is 1.67. The second kappa shape index (κ2) is 3.22. The maximum Gasteiger partial charge on any atom is 0.249 e. The number of primary amides is 1. The largest absolute Gasteiger partial charge is 0.368 e. The van der Waals surface area contributed by atoms with Gasteiger partial charge in [0.2, 0.25) is 5.91 Å². The van der Waals surface area contributed by atoms with Crippen LogP contribution >= 0.6 is 0 Å². The Balaban J connectivity index is 2.64. The molecular formula is C8H15NO2. The highest BCUT2D eigenvalue weighted by atomic mass is 16.5. The standard InChI is InChI=1S/C8H15NO2/c1-11-8(7(9)10)5-3-2-4-6-8/h2-6H2,1H3,(H2,9,10). The van der Waals surface area contributed by atoms with Gasteiger partial charge in [-0.3, -0.25) is 4.79 Å². The average molecular weight is 157 g/mol. The van der Waals surface area contributed by atoms with Crippen LogP contribution in [0.3, 0.4) is 0 Å². The molecule has 3 heteroatoms. The number of methoxy groups -OCH3 is 1. The number of hydrogen-bond donors (Lipinski definition) is 1. The third kappa shape index (κ3) is 1.53. The van der Waals surface area contributed by atoms with Gasteiger partial charge in [0.25, 0.3) is 0 Å². The van der Waals surface area contributed by atoms with Crippen LogP contribution in [-0.4, -0.2) is 18.6 Å². The van der Waals surface area contributed by atoms with Crippen LogP contribution in [0.15, 0.2) is 0 Å². The fourth-order valence-corrected chi connectivity index (χ4v) is 1.67. The van der Waals surface area contributed by atoms with Crippen molar-refractivity contribution in [3.05, 3.63) is 0 Å². The maximum atomic E-state index is 11.0. The average Bonchev–Trinajstić information content (AvgIpc) is 2.05. The van der Waals surface area contributed by atoms with Gasteiger partial charge in [-0.1, -0.05) is 19.3 Å². The summed E-state index contributed by atoms with van der Waals surface area (Å²) in [6.45, 7) is 0. The molecule has 1 aliphatic carbocycles. The SMILES string of the molecule is COC1(C(N)=O)CCCCC1. The van der Waals surface area contributed by atoms with E-state index in [-0.39, 0.29) is 5.91 Å². The quantitative estimate of drug-likeness (QED) is 0.645. The van der Waals surface area contributed by atoms with Gasteiger partial charge in [-0.05, 0) is 12.8 Å². The Morgan fingerprint density at radius 3 is 2.18 bits per heavy atom. The van der Waals surface area contributed by atoms with Crippen LogP contribution in [0.25, 0.3) is 0 Å². The molecule has 11 heavy (non-hydrogen) atoms. The number of carbonyl (C=O) groups excluding carboxylic acids is 1. The summed E-state index contributed by atoms with van der Waals surface area (Å²) in [4.78, 5) is 11.0. The van der Waals surface area contributed by atoms with Gasteiger partial charge in [-0.25, -0.2) is 0 Å². The van der Waals surface area contributed by atoms with E-state index in [1.807, 2.05) is 0 Å². The number of ether oxygens (including phenoxy) is 1. The molecule has 1 amide bonds. The first-order chi connectivity index (χ1) is 5.21. The van der Waals surface area contributed by atoms with Crippen LogP contribution in [0.1, 0.15) is 32.1 Å². The lowest BCUT2D eigenvalue weighted by molar-refractivity contribution is -0.143. The van der Waals surface area contributed by atoms with E-state index in [2.05, 4.69) is 0 Å². The Kier molecular flexibility index (Phi) is 2.49. The number of rotatable bonds is 2. The van der Waals surface area contributed by atoms with Gasteiger partial charge in [0.15, 0.2) is 0 Å². The van der Waals surface area contributed by atoms with Gasteiger partial charge in [-0.2, -0.15) is 0 Å². The molecule has 0 aromatic heterocycles. The van der Waals surface area contributed by atoms with Gasteiger partial charge >= 0.3 is 0 Å². The van der Waals surface area contributed by atoms with Crippen LogP contribution in [-0.2, 0) is 9.53 Å². The Morgan fingerprint density at radius 2 is 1.91 bits per heavy atom. The van der Waals surface area contributed by atoms with E-state index in [0.717, 1.165) is 25.7 Å². The molecular weight excluding hydrogens is 142 g/mol. The second-order valence-electron chi connectivity index (χ2n) is 3.12. The lowest BCUT2D eigenvalue weighted by atomic mass is 9.84. The monoisotopic (exact) mass is 157 g/mol. The van der Waals surface area contributed by atoms with Crippen molar-refractivity contribution in [3.63, 3.8) is 0 Å². The van der Waals surface area contributed by atoms with Gasteiger partial charge in [-0.15, -0.1) is 0 Å². The summed E-state index contributed by atoms with van der Waals surface area (Å²) in [7, 11) is 1.57. The second-order valence-corrected chi connectivity index (χ2v) is 3.12. The minimum atomic E-state index is -0.641. The first-order valence-corrected chi connectivity index (χ1v) is 4.06. The van der Waals surface area contributed by atoms with Crippen LogP contribution in [0.5, 0.6) is 0 Å². The molecule has 0 heterocycles. The van der Waals surface area contributed by atoms with Gasteiger partial charge in [0, 0.05) is 7.11 Å². The highest BCUT2D eigenvalue weighted by Gasteiger charge is 2.37. The van der Waals surface area contributed by atoms with Crippen LogP contribution < -0.4 is 5.73 Å². The summed E-state index contributed by atoms with van der Waals surface area (Å²) in [6.07, 6.45) is 4.88. The zero-order chi connectivity index (χ0) is 8.32. The first kappa shape index (κ1) is 8.53. The van der Waals surface area contributed by atoms with Crippen molar-refractivity contribution in [2.45, 2.75) is 37.7 Å². The van der Waals surface area contributed by atoms with Crippen molar-refractivity contribution in [2.75, 3.05) is 7.11 Å². The number of carbonyl (C=O) groups is 1. The zero-order valence-corrected chi connectivity index (χ0v) is 6.93. The van der Waals surface area contributed by atoms with E-state index in [4.69, 9.17) is 10.5 Å². The van der Waals surface area contributed by atoms with Crippen molar-refractivity contribution < 1.29 is 9.53 Å². The van der Waals surface area contributed by atoms with Crippen molar-refractivity contribution in [1.82, 2.24) is 0 Å². The first-order valence-electron chi connectivity index (χ1n) is 4.06. The highest BCUT2D eigenvalue weighted by molar-refractivity contribution is 5.83. The van der Waals surface area contributed by atoms with E-state index in [0.29, 0.717) is 0 Å². The van der Waals surface area contributed by atoms with Crippen molar-refractivity contribution in [1.29, 1.82) is 0 Å². The normalized spacial score (nSPS) is 23.0. The van der Waals surface area contributed by atoms with Gasteiger partial charge in [0.1, 0.15) is 5.60 Å². The summed E-state index contributed by atoms with van der Waals surface area (Å²) in [5.41, 5.74) is 4.61. The molecule has 1 saturated carbocycles. The van der Waals surface area contributed by atoms with E-state index in [9.17, 15) is 4.79 Å². The molecule has 0 atom stereocenters. The Bertz CT molecular complexity index is 150.